The van der Waals surface area contributed by atoms with Crippen molar-refractivity contribution in [1.82, 2.24) is 0 Å². The first-order valence-electron chi connectivity index (χ1n) is 6.39. The van der Waals surface area contributed by atoms with Crippen LogP contribution in [-0.4, -0.2) is 37.2 Å². The molecule has 0 aliphatic carbocycles. The molecule has 1 rings (SSSR count). The normalized spacial score (nSPS) is 10.4. The van der Waals surface area contributed by atoms with Gasteiger partial charge in [-0.1, -0.05) is 0 Å². The number of nitrogens with zero attached hydrogens (tertiary/aromatic N) is 1. The predicted octanol–water partition coefficient (Wildman–Crippen LogP) is 2.51. The SMILES string of the molecule is CCOC(COC(=O)Oc1ccc([N+](=O)[O-])cc1)OCC. The fraction of sp³-hybridized carbons (Fsp3) is 0.462. The number of hydrogen-bond acceptors (Lipinski definition) is 7. The maximum Gasteiger partial charge on any atom is 0.514 e. The summed E-state index contributed by atoms with van der Waals surface area (Å²) in [6.07, 6.45) is -1.59. The van der Waals surface area contributed by atoms with Crippen LogP contribution in [0, 0.1) is 10.1 Å². The standard InChI is InChI=1S/C13H17NO7/c1-3-18-12(19-4-2)9-20-13(15)21-11-7-5-10(6-8-11)14(16)17/h5-8,12H,3-4,9H2,1-2H3. The Morgan fingerprint density at radius 2 is 1.76 bits per heavy atom. The first kappa shape index (κ1) is 16.9. The van der Waals surface area contributed by atoms with Gasteiger partial charge >= 0.3 is 6.16 Å². The molecule has 1 aromatic carbocycles. The second-order valence-corrected chi connectivity index (χ2v) is 3.75. The second-order valence-electron chi connectivity index (χ2n) is 3.75. The molecule has 21 heavy (non-hydrogen) atoms. The highest BCUT2D eigenvalue weighted by Gasteiger charge is 2.14. The van der Waals surface area contributed by atoms with Crippen LogP contribution >= 0.6 is 0 Å². The average Bonchev–Trinajstić information content (AvgIpc) is 2.46. The van der Waals surface area contributed by atoms with Gasteiger partial charge in [-0.15, -0.1) is 0 Å². The van der Waals surface area contributed by atoms with E-state index in [9.17, 15) is 14.9 Å². The van der Waals surface area contributed by atoms with E-state index < -0.39 is 17.4 Å². The molecule has 0 amide bonds. The Morgan fingerprint density at radius 1 is 1.19 bits per heavy atom. The molecular weight excluding hydrogens is 282 g/mol. The molecule has 116 valence electrons. The summed E-state index contributed by atoms with van der Waals surface area (Å²) in [5, 5.41) is 10.5. The molecule has 0 fully saturated rings. The lowest BCUT2D eigenvalue weighted by atomic mass is 10.3. The smallest absolute Gasteiger partial charge is 0.429 e. The van der Waals surface area contributed by atoms with Gasteiger partial charge < -0.3 is 18.9 Å². The Hall–Kier alpha value is -2.19. The number of benzene rings is 1. The Balaban J connectivity index is 2.43. The first-order valence-corrected chi connectivity index (χ1v) is 6.39. The fourth-order valence-electron chi connectivity index (χ4n) is 1.41. The second kappa shape index (κ2) is 8.88. The van der Waals surface area contributed by atoms with E-state index in [0.717, 1.165) is 0 Å². The number of ether oxygens (including phenoxy) is 4. The fourth-order valence-corrected chi connectivity index (χ4v) is 1.41. The van der Waals surface area contributed by atoms with E-state index in [2.05, 4.69) is 0 Å². The van der Waals surface area contributed by atoms with E-state index in [1.165, 1.54) is 24.3 Å². The topological polar surface area (TPSA) is 97.1 Å². The van der Waals surface area contributed by atoms with Gasteiger partial charge in [-0.05, 0) is 26.0 Å². The summed E-state index contributed by atoms with van der Waals surface area (Å²) >= 11 is 0. The minimum Gasteiger partial charge on any atom is -0.429 e. The van der Waals surface area contributed by atoms with Crippen LogP contribution in [0.15, 0.2) is 24.3 Å². The molecule has 0 aliphatic heterocycles. The number of hydrogen-bond donors (Lipinski definition) is 0. The highest BCUT2D eigenvalue weighted by Crippen LogP contribution is 2.17. The van der Waals surface area contributed by atoms with E-state index >= 15 is 0 Å². The van der Waals surface area contributed by atoms with Crippen molar-refractivity contribution in [2.24, 2.45) is 0 Å². The third kappa shape index (κ3) is 6.19. The van der Waals surface area contributed by atoms with Gasteiger partial charge in [0.1, 0.15) is 12.4 Å². The lowest BCUT2D eigenvalue weighted by Gasteiger charge is -2.16. The molecule has 0 aliphatic rings. The number of nitro groups is 1. The number of non-ortho nitro benzene ring substituents is 1. The third-order valence-electron chi connectivity index (χ3n) is 2.29. The van der Waals surface area contributed by atoms with Crippen LogP contribution in [0.5, 0.6) is 5.75 Å². The van der Waals surface area contributed by atoms with E-state index in [-0.39, 0.29) is 18.0 Å². The maximum absolute atomic E-state index is 11.5. The van der Waals surface area contributed by atoms with Gasteiger partial charge in [0.15, 0.2) is 6.29 Å². The number of carbonyl (C=O) groups is 1. The number of carbonyl (C=O) groups excluding carboxylic acids is 1. The summed E-state index contributed by atoms with van der Waals surface area (Å²) in [7, 11) is 0. The molecular formula is C13H17NO7. The van der Waals surface area contributed by atoms with Crippen molar-refractivity contribution < 1.29 is 28.7 Å². The van der Waals surface area contributed by atoms with Gasteiger partial charge in [-0.3, -0.25) is 10.1 Å². The van der Waals surface area contributed by atoms with E-state index in [1.54, 1.807) is 13.8 Å². The first-order chi connectivity index (χ1) is 10.1. The zero-order valence-corrected chi connectivity index (χ0v) is 11.8. The van der Waals surface area contributed by atoms with Crippen LogP contribution < -0.4 is 4.74 Å². The number of nitro benzene ring substituents is 1. The molecule has 0 spiro atoms. The molecule has 0 unspecified atom stereocenters. The van der Waals surface area contributed by atoms with Crippen LogP contribution in [-0.2, 0) is 14.2 Å². The minimum absolute atomic E-state index is 0.0940. The van der Waals surface area contributed by atoms with E-state index in [0.29, 0.717) is 13.2 Å². The lowest BCUT2D eigenvalue weighted by Crippen LogP contribution is -2.26. The van der Waals surface area contributed by atoms with Gasteiger partial charge in [-0.25, -0.2) is 4.79 Å². The Labute approximate surface area is 121 Å². The zero-order valence-electron chi connectivity index (χ0n) is 11.8. The number of rotatable bonds is 8. The molecule has 0 aromatic heterocycles. The van der Waals surface area contributed by atoms with Crippen LogP contribution in [0.4, 0.5) is 10.5 Å². The van der Waals surface area contributed by atoms with Crippen molar-refractivity contribution in [3.63, 3.8) is 0 Å². The molecule has 0 N–H and O–H groups in total. The summed E-state index contributed by atoms with van der Waals surface area (Å²) in [5.74, 6) is 0.148. The summed E-state index contributed by atoms with van der Waals surface area (Å²) in [6.45, 7) is 4.33. The van der Waals surface area contributed by atoms with Crippen molar-refractivity contribution in [3.8, 4) is 5.75 Å². The van der Waals surface area contributed by atoms with Crippen LogP contribution in [0.2, 0.25) is 0 Å². The van der Waals surface area contributed by atoms with Gasteiger partial charge in [-0.2, -0.15) is 0 Å². The van der Waals surface area contributed by atoms with Crippen molar-refractivity contribution in [2.45, 2.75) is 20.1 Å². The van der Waals surface area contributed by atoms with E-state index in [4.69, 9.17) is 18.9 Å². The molecule has 0 radical (unpaired) electrons. The quantitative estimate of drug-likeness (QED) is 0.239. The largest absolute Gasteiger partial charge is 0.514 e. The lowest BCUT2D eigenvalue weighted by molar-refractivity contribution is -0.384. The highest BCUT2D eigenvalue weighted by molar-refractivity contribution is 5.63. The van der Waals surface area contributed by atoms with Crippen molar-refractivity contribution in [3.05, 3.63) is 34.4 Å². The predicted molar refractivity (Wildman–Crippen MR) is 72.1 cm³/mol. The van der Waals surface area contributed by atoms with Crippen LogP contribution in [0.1, 0.15) is 13.8 Å². The van der Waals surface area contributed by atoms with Crippen LogP contribution in [0.3, 0.4) is 0 Å². The summed E-state index contributed by atoms with van der Waals surface area (Å²) in [5.41, 5.74) is -0.0940. The molecule has 8 heteroatoms. The van der Waals surface area contributed by atoms with Gasteiger partial charge in [0.2, 0.25) is 0 Å². The summed E-state index contributed by atoms with van der Waals surface area (Å²) in [6, 6.07) is 5.07. The van der Waals surface area contributed by atoms with Crippen molar-refractivity contribution >= 4 is 11.8 Å². The molecule has 1 aromatic rings. The summed E-state index contributed by atoms with van der Waals surface area (Å²) in [4.78, 5) is 21.4. The molecule has 8 nitrogen and oxygen atoms in total. The molecule has 0 bridgehead atoms. The molecule has 0 heterocycles. The van der Waals surface area contributed by atoms with Crippen molar-refractivity contribution in [2.75, 3.05) is 19.8 Å². The Morgan fingerprint density at radius 3 is 2.24 bits per heavy atom. The molecule has 0 atom stereocenters. The van der Waals surface area contributed by atoms with Crippen LogP contribution in [0.25, 0.3) is 0 Å². The van der Waals surface area contributed by atoms with Gasteiger partial charge in [0.25, 0.3) is 5.69 Å². The highest BCUT2D eigenvalue weighted by atomic mass is 16.7. The average molecular weight is 299 g/mol. The Bertz CT molecular complexity index is 454. The Kier molecular flexibility index (Phi) is 7.13. The molecule has 0 saturated heterocycles. The van der Waals surface area contributed by atoms with Crippen molar-refractivity contribution in [1.29, 1.82) is 0 Å². The summed E-state index contributed by atoms with van der Waals surface area (Å²) < 4.78 is 20.1. The minimum atomic E-state index is -0.937. The molecule has 0 saturated carbocycles. The van der Waals surface area contributed by atoms with E-state index in [1.807, 2.05) is 0 Å². The zero-order chi connectivity index (χ0) is 15.7. The van der Waals surface area contributed by atoms with Gasteiger partial charge in [0.05, 0.1) is 4.92 Å². The maximum atomic E-state index is 11.5. The van der Waals surface area contributed by atoms with Gasteiger partial charge in [0, 0.05) is 25.3 Å². The monoisotopic (exact) mass is 299 g/mol. The third-order valence-corrected chi connectivity index (χ3v) is 2.29.